The Kier molecular flexibility index (Phi) is 6.15. The second-order valence-corrected chi connectivity index (χ2v) is 5.74. The molecule has 0 amide bonds. The molecule has 0 fully saturated rings. The van der Waals surface area contributed by atoms with Crippen molar-refractivity contribution in [2.45, 2.75) is 33.2 Å². The summed E-state index contributed by atoms with van der Waals surface area (Å²) in [5.74, 6) is 1.89. The summed E-state index contributed by atoms with van der Waals surface area (Å²) in [6, 6.07) is 3.80. The Labute approximate surface area is 144 Å². The topological polar surface area (TPSA) is 69.2 Å². The first-order valence-corrected chi connectivity index (χ1v) is 8.28. The summed E-state index contributed by atoms with van der Waals surface area (Å²) in [6.07, 6.45) is 1.68. The molecule has 2 rings (SSSR count). The first kappa shape index (κ1) is 17.5. The molecule has 0 aliphatic rings. The van der Waals surface area contributed by atoms with Crippen molar-refractivity contribution in [1.82, 2.24) is 15.2 Å². The highest BCUT2D eigenvalue weighted by molar-refractivity contribution is 9.10. The Hall–Kier alpha value is -1.89. The van der Waals surface area contributed by atoms with Crippen molar-refractivity contribution in [1.29, 1.82) is 0 Å². The SMILES string of the molecule is CCc1nnc(NCc2cc(OC)c(OC)cc2Br)nc1CC. The summed E-state index contributed by atoms with van der Waals surface area (Å²) >= 11 is 3.54. The second kappa shape index (κ2) is 8.10. The van der Waals surface area contributed by atoms with Gasteiger partial charge in [0.2, 0.25) is 5.95 Å². The van der Waals surface area contributed by atoms with Crippen molar-refractivity contribution in [2.24, 2.45) is 0 Å². The van der Waals surface area contributed by atoms with Crippen LogP contribution in [0.4, 0.5) is 5.95 Å². The van der Waals surface area contributed by atoms with Gasteiger partial charge in [-0.05, 0) is 30.5 Å². The van der Waals surface area contributed by atoms with Crippen LogP contribution in [-0.2, 0) is 19.4 Å². The number of aromatic nitrogens is 3. The Morgan fingerprint density at radius 2 is 1.65 bits per heavy atom. The van der Waals surface area contributed by atoms with Crippen LogP contribution in [0, 0.1) is 0 Å². The molecule has 0 saturated heterocycles. The highest BCUT2D eigenvalue weighted by Crippen LogP contribution is 2.33. The van der Waals surface area contributed by atoms with Crippen LogP contribution in [0.1, 0.15) is 30.8 Å². The average molecular weight is 381 g/mol. The van der Waals surface area contributed by atoms with Gasteiger partial charge in [-0.2, -0.15) is 5.10 Å². The summed E-state index contributed by atoms with van der Waals surface area (Å²) in [4.78, 5) is 4.53. The highest BCUT2D eigenvalue weighted by atomic mass is 79.9. The molecule has 0 saturated carbocycles. The van der Waals surface area contributed by atoms with Crippen molar-refractivity contribution < 1.29 is 9.47 Å². The van der Waals surface area contributed by atoms with E-state index in [1.54, 1.807) is 14.2 Å². The number of rotatable bonds is 7. The first-order chi connectivity index (χ1) is 11.1. The van der Waals surface area contributed by atoms with Crippen LogP contribution in [-0.4, -0.2) is 29.4 Å². The zero-order valence-electron chi connectivity index (χ0n) is 13.8. The quantitative estimate of drug-likeness (QED) is 0.793. The molecule has 1 heterocycles. The molecule has 2 aromatic rings. The number of nitrogens with one attached hydrogen (secondary N) is 1. The zero-order chi connectivity index (χ0) is 16.8. The van der Waals surface area contributed by atoms with Gasteiger partial charge in [-0.25, -0.2) is 4.98 Å². The average Bonchev–Trinajstić information content (AvgIpc) is 2.59. The minimum absolute atomic E-state index is 0.528. The number of hydrogen-bond acceptors (Lipinski definition) is 6. The molecule has 1 aromatic carbocycles. The van der Waals surface area contributed by atoms with Gasteiger partial charge in [0.25, 0.3) is 0 Å². The molecule has 0 bridgehead atoms. The zero-order valence-corrected chi connectivity index (χ0v) is 15.4. The third kappa shape index (κ3) is 4.10. The van der Waals surface area contributed by atoms with Gasteiger partial charge < -0.3 is 14.8 Å². The summed E-state index contributed by atoms with van der Waals surface area (Å²) < 4.78 is 11.5. The number of hydrogen-bond donors (Lipinski definition) is 1. The van der Waals surface area contributed by atoms with Crippen molar-refractivity contribution >= 4 is 21.9 Å². The minimum Gasteiger partial charge on any atom is -0.493 e. The van der Waals surface area contributed by atoms with Crippen LogP contribution in [0.2, 0.25) is 0 Å². The van der Waals surface area contributed by atoms with E-state index >= 15 is 0 Å². The van der Waals surface area contributed by atoms with Crippen LogP contribution >= 0.6 is 15.9 Å². The summed E-state index contributed by atoms with van der Waals surface area (Å²) in [5.41, 5.74) is 2.95. The lowest BCUT2D eigenvalue weighted by Gasteiger charge is -2.13. The Morgan fingerprint density at radius 3 is 2.26 bits per heavy atom. The largest absolute Gasteiger partial charge is 0.493 e. The number of benzene rings is 1. The fourth-order valence-corrected chi connectivity index (χ4v) is 2.68. The van der Waals surface area contributed by atoms with E-state index in [9.17, 15) is 0 Å². The molecular formula is C16H21BrN4O2. The number of ether oxygens (including phenoxy) is 2. The van der Waals surface area contributed by atoms with Gasteiger partial charge in [0.05, 0.1) is 25.6 Å². The highest BCUT2D eigenvalue weighted by Gasteiger charge is 2.11. The lowest BCUT2D eigenvalue weighted by atomic mass is 10.2. The molecule has 7 heteroatoms. The van der Waals surface area contributed by atoms with Crippen molar-refractivity contribution in [3.8, 4) is 11.5 Å². The molecule has 0 radical (unpaired) electrons. The molecule has 1 aromatic heterocycles. The monoisotopic (exact) mass is 380 g/mol. The van der Waals surface area contributed by atoms with Crippen LogP contribution in [0.5, 0.6) is 11.5 Å². The van der Waals surface area contributed by atoms with Gasteiger partial charge >= 0.3 is 0 Å². The standard InChI is InChI=1S/C16H21BrN4O2/c1-5-12-13(6-2)20-21-16(19-12)18-9-10-7-14(22-3)15(23-4)8-11(10)17/h7-8H,5-6,9H2,1-4H3,(H,18,19,21). The van der Waals surface area contributed by atoms with Gasteiger partial charge in [0.15, 0.2) is 11.5 Å². The molecule has 0 atom stereocenters. The molecule has 0 aliphatic heterocycles. The van der Waals surface area contributed by atoms with Gasteiger partial charge in [0, 0.05) is 11.0 Å². The lowest BCUT2D eigenvalue weighted by molar-refractivity contribution is 0.354. The third-order valence-electron chi connectivity index (χ3n) is 3.50. The van der Waals surface area contributed by atoms with E-state index in [0.717, 1.165) is 34.3 Å². The fraction of sp³-hybridized carbons (Fsp3) is 0.438. The molecule has 6 nitrogen and oxygen atoms in total. The maximum atomic E-state index is 5.33. The van der Waals surface area contributed by atoms with E-state index in [4.69, 9.17) is 9.47 Å². The van der Waals surface area contributed by atoms with E-state index < -0.39 is 0 Å². The van der Waals surface area contributed by atoms with Crippen molar-refractivity contribution in [3.05, 3.63) is 33.6 Å². The van der Waals surface area contributed by atoms with E-state index in [2.05, 4.69) is 50.3 Å². The van der Waals surface area contributed by atoms with Crippen molar-refractivity contribution in [2.75, 3.05) is 19.5 Å². The summed E-state index contributed by atoms with van der Waals surface area (Å²) in [5, 5.41) is 11.6. The second-order valence-electron chi connectivity index (χ2n) is 4.89. The van der Waals surface area contributed by atoms with Crippen LogP contribution < -0.4 is 14.8 Å². The van der Waals surface area contributed by atoms with E-state index in [0.29, 0.717) is 24.0 Å². The van der Waals surface area contributed by atoms with Gasteiger partial charge in [0.1, 0.15) is 0 Å². The van der Waals surface area contributed by atoms with Gasteiger partial charge in [-0.15, -0.1) is 5.10 Å². The summed E-state index contributed by atoms with van der Waals surface area (Å²) in [6.45, 7) is 4.67. The van der Waals surface area contributed by atoms with Gasteiger partial charge in [-0.3, -0.25) is 0 Å². The van der Waals surface area contributed by atoms with E-state index in [1.165, 1.54) is 0 Å². The minimum atomic E-state index is 0.528. The molecule has 0 unspecified atom stereocenters. The Morgan fingerprint density at radius 1 is 1.00 bits per heavy atom. The van der Waals surface area contributed by atoms with Crippen LogP contribution in [0.3, 0.4) is 0 Å². The molecule has 23 heavy (non-hydrogen) atoms. The summed E-state index contributed by atoms with van der Waals surface area (Å²) in [7, 11) is 3.23. The molecule has 0 spiro atoms. The number of nitrogens with zero attached hydrogens (tertiary/aromatic N) is 3. The van der Waals surface area contributed by atoms with E-state index in [1.807, 2.05) is 12.1 Å². The number of methoxy groups -OCH3 is 2. The maximum absolute atomic E-state index is 5.33. The first-order valence-electron chi connectivity index (χ1n) is 7.49. The Bertz CT molecular complexity index is 679. The molecule has 1 N–H and O–H groups in total. The third-order valence-corrected chi connectivity index (χ3v) is 4.24. The lowest BCUT2D eigenvalue weighted by Crippen LogP contribution is -2.10. The smallest absolute Gasteiger partial charge is 0.243 e. The number of halogens is 1. The van der Waals surface area contributed by atoms with Crippen LogP contribution in [0.25, 0.3) is 0 Å². The molecular weight excluding hydrogens is 360 g/mol. The van der Waals surface area contributed by atoms with Crippen molar-refractivity contribution in [3.63, 3.8) is 0 Å². The Balaban J connectivity index is 2.17. The molecule has 124 valence electrons. The molecule has 0 aliphatic carbocycles. The maximum Gasteiger partial charge on any atom is 0.243 e. The van der Waals surface area contributed by atoms with Crippen LogP contribution in [0.15, 0.2) is 16.6 Å². The normalized spacial score (nSPS) is 10.5. The fourth-order valence-electron chi connectivity index (χ4n) is 2.22. The number of anilines is 1. The number of aryl methyl sites for hydroxylation is 2. The van der Waals surface area contributed by atoms with Gasteiger partial charge in [-0.1, -0.05) is 29.8 Å². The predicted molar refractivity (Wildman–Crippen MR) is 93.2 cm³/mol. The predicted octanol–water partition coefficient (Wildman–Crippen LogP) is 3.39. The van der Waals surface area contributed by atoms with E-state index in [-0.39, 0.29) is 0 Å².